The third-order valence-electron chi connectivity index (χ3n) is 29.4. The molecule has 0 unspecified atom stereocenters. The molecule has 32 rings (SSSR count). The molecule has 680 valence electrons. The summed E-state index contributed by atoms with van der Waals surface area (Å²) >= 11 is 0. The fraction of sp³-hybridized carbons (Fsp3) is 0. The van der Waals surface area contributed by atoms with E-state index in [0.29, 0.717) is 0 Å². The lowest BCUT2D eigenvalue weighted by molar-refractivity contribution is 0.668. The van der Waals surface area contributed by atoms with E-state index in [2.05, 4.69) is 414 Å². The van der Waals surface area contributed by atoms with E-state index in [1.807, 2.05) is 84.9 Å². The second-order valence-electron chi connectivity index (χ2n) is 37.7. The summed E-state index contributed by atoms with van der Waals surface area (Å²) in [7, 11) is 0. The number of benzene rings is 23. The molecule has 14 nitrogen and oxygen atoms in total. The number of para-hydroxylation sites is 6. The minimum Gasteiger partial charge on any atom is -0.456 e. The molecule has 0 bridgehead atoms. The Morgan fingerprint density at radius 2 is 0.548 bits per heavy atom. The summed E-state index contributed by atoms with van der Waals surface area (Å²) in [5, 5.41) is 48.5. The summed E-state index contributed by atoms with van der Waals surface area (Å²) in [6.07, 6.45) is 0. The maximum Gasteiger partial charge on any atom is 0.136 e. The molecule has 0 N–H and O–H groups in total. The molecule has 8 aromatic heterocycles. The number of furan rings is 2. The molecule has 31 aromatic rings. The topological polar surface area (TPSA) is 133 Å². The lowest BCUT2D eigenvalue weighted by Crippen LogP contribution is -1.97. The van der Waals surface area contributed by atoms with E-state index in [9.17, 15) is 0 Å². The monoisotopic (exact) mass is 1860 g/mol. The summed E-state index contributed by atoms with van der Waals surface area (Å²) in [5.74, 6) is 0. The highest BCUT2D eigenvalue weighted by atomic mass is 16.3. The zero-order valence-electron chi connectivity index (χ0n) is 78.4. The van der Waals surface area contributed by atoms with Gasteiger partial charge >= 0.3 is 0 Å². The van der Waals surface area contributed by atoms with Crippen molar-refractivity contribution in [2.24, 2.45) is 0 Å². The molecule has 146 heavy (non-hydrogen) atoms. The van der Waals surface area contributed by atoms with Crippen LogP contribution in [0.15, 0.2) is 494 Å². The van der Waals surface area contributed by atoms with Gasteiger partial charge in [-0.25, -0.2) is 0 Å². The van der Waals surface area contributed by atoms with Crippen LogP contribution in [0.3, 0.4) is 0 Å². The highest BCUT2D eigenvalue weighted by molar-refractivity contribution is 6.33. The Morgan fingerprint density at radius 3 is 1.16 bits per heavy atom. The molecule has 1 aliphatic carbocycles. The molecular weight excluding hydrogens is 1790 g/mol. The van der Waals surface area contributed by atoms with E-state index in [-0.39, 0.29) is 0 Å². The molecule has 1 aliphatic rings. The van der Waals surface area contributed by atoms with Crippen molar-refractivity contribution in [3.63, 3.8) is 0 Å². The van der Waals surface area contributed by atoms with Gasteiger partial charge in [-0.05, 0) is 281 Å². The van der Waals surface area contributed by atoms with Gasteiger partial charge in [0.25, 0.3) is 0 Å². The Kier molecular flexibility index (Phi) is 18.4. The van der Waals surface area contributed by atoms with Crippen molar-refractivity contribution in [2.45, 2.75) is 0 Å². The Hall–Kier alpha value is -20.0. The number of hydrogen-bond acceptors (Lipinski definition) is 8. The maximum absolute atomic E-state index is 6.32. The first-order valence-electron chi connectivity index (χ1n) is 49.3. The summed E-state index contributed by atoms with van der Waals surface area (Å²) in [5.41, 5.74) is 38.2. The van der Waals surface area contributed by atoms with Gasteiger partial charge in [-0.2, -0.15) is 14.4 Å². The highest BCUT2D eigenvalue weighted by Crippen LogP contribution is 2.54. The SMILES string of the molecule is c1ccc(-c2cc3c(c4ccccc24)c2cc4c5ccccc5n(-c5ccc6nn(-c7ccccc7)nc6c5)c4cc2n3-c2ccccc2)cc1.c1ccc(-c2cc3c4c5c(cccc25)-c2ccccc2-c2cccc(c24)n3-c2ccc3nn(-c4ccccc4)nc3c2)cc1.c1ccc2cc(-n3nc4ccc(-c5cc(-c6cccc7oc8ccccc8c67)cc(-c6cccc7oc8ccccc8c67)c5)cc4n3)ccc2c1. The van der Waals surface area contributed by atoms with Crippen LogP contribution in [0.5, 0.6) is 0 Å². The first-order chi connectivity index (χ1) is 72.4. The van der Waals surface area contributed by atoms with E-state index in [1.54, 1.807) is 14.4 Å². The van der Waals surface area contributed by atoms with Crippen molar-refractivity contribution in [3.8, 4) is 112 Å². The second kappa shape index (κ2) is 32.8. The minimum absolute atomic E-state index is 0.832. The van der Waals surface area contributed by atoms with Gasteiger partial charge < -0.3 is 22.5 Å². The van der Waals surface area contributed by atoms with Crippen LogP contribution in [0.2, 0.25) is 0 Å². The van der Waals surface area contributed by atoms with Gasteiger partial charge in [-0.15, -0.1) is 30.6 Å². The van der Waals surface area contributed by atoms with Crippen LogP contribution < -0.4 is 0 Å². The molecule has 0 amide bonds. The van der Waals surface area contributed by atoms with Gasteiger partial charge in [-0.1, -0.05) is 309 Å². The molecule has 8 heterocycles. The van der Waals surface area contributed by atoms with Crippen molar-refractivity contribution in [1.82, 2.24) is 58.7 Å². The number of rotatable bonds is 11. The van der Waals surface area contributed by atoms with Crippen molar-refractivity contribution >= 4 is 175 Å². The van der Waals surface area contributed by atoms with E-state index >= 15 is 0 Å². The average molecular weight is 1870 g/mol. The van der Waals surface area contributed by atoms with E-state index in [1.165, 1.54) is 126 Å². The smallest absolute Gasteiger partial charge is 0.136 e. The highest BCUT2D eigenvalue weighted by Gasteiger charge is 2.30. The van der Waals surface area contributed by atoms with Gasteiger partial charge in [0, 0.05) is 76.3 Å². The Labute approximate surface area is 833 Å². The van der Waals surface area contributed by atoms with E-state index in [4.69, 9.17) is 39.4 Å². The van der Waals surface area contributed by atoms with Crippen molar-refractivity contribution in [3.05, 3.63) is 485 Å². The van der Waals surface area contributed by atoms with Crippen LogP contribution in [-0.4, -0.2) is 58.7 Å². The van der Waals surface area contributed by atoms with Crippen molar-refractivity contribution in [1.29, 1.82) is 0 Å². The quantitative estimate of drug-likeness (QED) is 0.125. The Morgan fingerprint density at radius 1 is 0.144 bits per heavy atom. The molecule has 0 spiro atoms. The molecular formula is C132H80N12O2. The third kappa shape index (κ3) is 13.1. The lowest BCUT2D eigenvalue weighted by atomic mass is 9.90. The zero-order chi connectivity index (χ0) is 95.7. The van der Waals surface area contributed by atoms with Crippen molar-refractivity contribution < 1.29 is 8.83 Å². The minimum atomic E-state index is 0.832. The average Bonchev–Trinajstić information content (AvgIpc) is 1.54. The predicted octanol–water partition coefficient (Wildman–Crippen LogP) is 33.8. The van der Waals surface area contributed by atoms with Gasteiger partial charge in [0.2, 0.25) is 0 Å². The van der Waals surface area contributed by atoms with Gasteiger partial charge in [-0.3, -0.25) is 0 Å². The number of hydrogen-bond donors (Lipinski definition) is 0. The van der Waals surface area contributed by atoms with Crippen LogP contribution in [0, 0.1) is 0 Å². The standard InChI is InChI=1S/C46H29N5.C46H27N3O2.C40H24N4/c1-4-14-30(15-5-1)37-28-45-46(36-22-11-10-20-34(36)37)39-27-38-35-21-12-13-23-42(35)50(43(38)29-44(39)49(45)31-16-6-2-7-17-31)33-24-25-40-41(26-33)48-51(47-40)32-18-8-3-9-19-32;1-2-10-29-26-34(21-19-28(29)9-1)49-47-39-22-20-30(27-40(39)48-49)31-23-32(35-13-7-17-43-45(35)37-11-3-5-15-41(37)50-43)25-33(24-31)36-14-8-18-44-46(36)38-12-4-6-16-42(38)51-44;1-3-11-25(12-4-1)33-24-37-40-38-30(17-9-18-32(33)38)28-15-7-8-16-29(28)31-19-10-20-36(39(31)40)43(37)27-21-22-34-35(23-27)42-44(41-34)26-13-5-2-6-14-26/h1-29H;1-27H;1-24H. The summed E-state index contributed by atoms with van der Waals surface area (Å²) < 4.78 is 19.9. The molecule has 0 saturated heterocycles. The molecule has 0 saturated carbocycles. The summed E-state index contributed by atoms with van der Waals surface area (Å²) in [6.45, 7) is 0. The van der Waals surface area contributed by atoms with Gasteiger partial charge in [0.05, 0.1) is 50.2 Å². The lowest BCUT2D eigenvalue weighted by Gasteiger charge is -2.16. The van der Waals surface area contributed by atoms with Crippen LogP contribution in [0.4, 0.5) is 0 Å². The molecule has 23 aromatic carbocycles. The number of fused-ring (bicyclic) bond motifs is 21. The first-order valence-corrected chi connectivity index (χ1v) is 49.3. The molecule has 0 aliphatic heterocycles. The summed E-state index contributed by atoms with van der Waals surface area (Å²) in [6, 6.07) is 172. The number of aromatic nitrogens is 12. The second-order valence-corrected chi connectivity index (χ2v) is 37.7. The van der Waals surface area contributed by atoms with Gasteiger partial charge in [0.1, 0.15) is 55.4 Å². The predicted molar refractivity (Wildman–Crippen MR) is 598 cm³/mol. The first kappa shape index (κ1) is 82.0. The van der Waals surface area contributed by atoms with E-state index < -0.39 is 0 Å². The fourth-order valence-corrected chi connectivity index (χ4v) is 23.0. The maximum atomic E-state index is 6.32. The summed E-state index contributed by atoms with van der Waals surface area (Å²) in [4.78, 5) is 5.18. The van der Waals surface area contributed by atoms with Crippen LogP contribution >= 0.6 is 0 Å². The number of nitrogens with zero attached hydrogens (tertiary/aromatic N) is 12. The Bertz CT molecular complexity index is 10700. The van der Waals surface area contributed by atoms with Crippen LogP contribution in [0.1, 0.15) is 0 Å². The van der Waals surface area contributed by atoms with E-state index in [0.717, 1.165) is 161 Å². The molecule has 0 atom stereocenters. The van der Waals surface area contributed by atoms with Crippen LogP contribution in [-0.2, 0) is 0 Å². The largest absolute Gasteiger partial charge is 0.456 e. The zero-order valence-corrected chi connectivity index (χ0v) is 78.4. The normalized spacial score (nSPS) is 12.0. The van der Waals surface area contributed by atoms with Gasteiger partial charge in [0.15, 0.2) is 0 Å². The molecule has 0 radical (unpaired) electrons. The molecule has 14 heteroatoms. The Balaban J connectivity index is 0.000000102. The van der Waals surface area contributed by atoms with Crippen LogP contribution in [0.25, 0.3) is 287 Å². The fourth-order valence-electron chi connectivity index (χ4n) is 23.0. The third-order valence-corrected chi connectivity index (χ3v) is 29.4. The molecule has 0 fully saturated rings. The van der Waals surface area contributed by atoms with Crippen molar-refractivity contribution in [2.75, 3.05) is 0 Å².